The minimum absolute atomic E-state index is 0.149. The number of carbonyl (C=O) groups excluding carboxylic acids is 1. The number of likely N-dealkylation sites (N-methyl/N-ethyl adjacent to an activating group) is 1. The molecule has 1 fully saturated rings. The molecule has 0 atom stereocenters. The Balaban J connectivity index is 2.47. The predicted molar refractivity (Wildman–Crippen MR) is 62.3 cm³/mol. The van der Waals surface area contributed by atoms with Gasteiger partial charge in [0.15, 0.2) is 0 Å². The van der Waals surface area contributed by atoms with Crippen LogP contribution in [-0.2, 0) is 14.3 Å². The molecule has 4 nitrogen and oxygen atoms in total. The zero-order valence-corrected chi connectivity index (χ0v) is 10.5. The van der Waals surface area contributed by atoms with Crippen molar-refractivity contribution in [2.75, 3.05) is 20.8 Å². The highest BCUT2D eigenvalue weighted by atomic mass is 16.5. The number of ether oxygens (including phenoxy) is 2. The van der Waals surface area contributed by atoms with Crippen LogP contribution in [0.5, 0.6) is 0 Å². The molecule has 0 aromatic heterocycles. The molecule has 94 valence electrons. The van der Waals surface area contributed by atoms with Crippen molar-refractivity contribution in [1.82, 2.24) is 5.32 Å². The predicted octanol–water partition coefficient (Wildman–Crippen LogP) is 1.49. The lowest BCUT2D eigenvalue weighted by atomic mass is 9.80. The van der Waals surface area contributed by atoms with Gasteiger partial charge in [0.25, 0.3) is 0 Å². The second-order valence-corrected chi connectivity index (χ2v) is 4.39. The number of hydrogen-bond donors (Lipinski definition) is 1. The fraction of sp³-hybridized carbons (Fsp3) is 0.917. The average molecular weight is 229 g/mol. The van der Waals surface area contributed by atoms with Crippen LogP contribution in [0.1, 0.15) is 39.0 Å². The van der Waals surface area contributed by atoms with E-state index in [9.17, 15) is 4.79 Å². The molecule has 0 spiro atoms. The summed E-state index contributed by atoms with van der Waals surface area (Å²) in [6.45, 7) is 2.92. The van der Waals surface area contributed by atoms with E-state index in [-0.39, 0.29) is 5.97 Å². The van der Waals surface area contributed by atoms with Crippen molar-refractivity contribution in [1.29, 1.82) is 0 Å². The maximum Gasteiger partial charge on any atom is 0.326 e. The van der Waals surface area contributed by atoms with Gasteiger partial charge in [-0.15, -0.1) is 0 Å². The molecule has 0 radical (unpaired) electrons. The van der Waals surface area contributed by atoms with E-state index in [2.05, 4.69) is 12.2 Å². The van der Waals surface area contributed by atoms with Gasteiger partial charge in [-0.2, -0.15) is 0 Å². The number of esters is 1. The standard InChI is InChI=1S/C12H23NO3/c1-4-9-16-10-5-7-12(13-2,8-6-10)11(14)15-3/h10,13H,4-9H2,1-3H3. The van der Waals surface area contributed by atoms with Crippen LogP contribution in [0.3, 0.4) is 0 Å². The lowest BCUT2D eigenvalue weighted by Gasteiger charge is -2.37. The molecule has 0 amide bonds. The minimum Gasteiger partial charge on any atom is -0.468 e. The lowest BCUT2D eigenvalue weighted by Crippen LogP contribution is -2.54. The van der Waals surface area contributed by atoms with Gasteiger partial charge in [-0.1, -0.05) is 6.92 Å². The summed E-state index contributed by atoms with van der Waals surface area (Å²) in [5.41, 5.74) is -0.485. The molecule has 0 heterocycles. The van der Waals surface area contributed by atoms with Gasteiger partial charge in [0, 0.05) is 6.61 Å². The number of methoxy groups -OCH3 is 1. The minimum atomic E-state index is -0.485. The molecule has 0 aliphatic heterocycles. The van der Waals surface area contributed by atoms with Crippen LogP contribution >= 0.6 is 0 Å². The molecular weight excluding hydrogens is 206 g/mol. The van der Waals surface area contributed by atoms with Crippen molar-refractivity contribution in [2.45, 2.75) is 50.7 Å². The van der Waals surface area contributed by atoms with E-state index >= 15 is 0 Å². The largest absolute Gasteiger partial charge is 0.468 e. The molecule has 1 aliphatic carbocycles. The Morgan fingerprint density at radius 1 is 1.44 bits per heavy atom. The maximum absolute atomic E-state index is 11.7. The van der Waals surface area contributed by atoms with Crippen LogP contribution in [-0.4, -0.2) is 38.4 Å². The van der Waals surface area contributed by atoms with E-state index in [1.807, 2.05) is 7.05 Å². The van der Waals surface area contributed by atoms with Gasteiger partial charge in [-0.3, -0.25) is 4.79 Å². The Morgan fingerprint density at radius 2 is 2.06 bits per heavy atom. The molecular formula is C12H23NO3. The summed E-state index contributed by atoms with van der Waals surface area (Å²) in [5, 5.41) is 3.11. The zero-order chi connectivity index (χ0) is 12.0. The second kappa shape index (κ2) is 6.21. The van der Waals surface area contributed by atoms with E-state index in [1.54, 1.807) is 0 Å². The van der Waals surface area contributed by atoms with E-state index in [4.69, 9.17) is 9.47 Å². The molecule has 1 saturated carbocycles. The third kappa shape index (κ3) is 2.95. The van der Waals surface area contributed by atoms with Crippen molar-refractivity contribution in [3.63, 3.8) is 0 Å². The number of rotatable bonds is 5. The maximum atomic E-state index is 11.7. The highest BCUT2D eigenvalue weighted by Crippen LogP contribution is 2.30. The number of carbonyl (C=O) groups is 1. The Labute approximate surface area is 97.7 Å². The quantitative estimate of drug-likeness (QED) is 0.726. The van der Waals surface area contributed by atoms with Crippen molar-refractivity contribution in [2.24, 2.45) is 0 Å². The molecule has 1 aliphatic rings. The third-order valence-electron chi connectivity index (χ3n) is 3.40. The topological polar surface area (TPSA) is 47.6 Å². The van der Waals surface area contributed by atoms with Crippen molar-refractivity contribution < 1.29 is 14.3 Å². The normalized spacial score (nSPS) is 30.1. The molecule has 1 N–H and O–H groups in total. The summed E-state index contributed by atoms with van der Waals surface area (Å²) in [6, 6.07) is 0. The Hall–Kier alpha value is -0.610. The highest BCUT2D eigenvalue weighted by Gasteiger charge is 2.41. The van der Waals surface area contributed by atoms with Crippen LogP contribution < -0.4 is 5.32 Å². The van der Waals surface area contributed by atoms with E-state index in [0.29, 0.717) is 6.10 Å². The summed E-state index contributed by atoms with van der Waals surface area (Å²) in [5.74, 6) is -0.149. The van der Waals surface area contributed by atoms with Crippen molar-refractivity contribution in [3.8, 4) is 0 Å². The fourth-order valence-electron chi connectivity index (χ4n) is 2.29. The van der Waals surface area contributed by atoms with Gasteiger partial charge in [-0.25, -0.2) is 0 Å². The molecule has 16 heavy (non-hydrogen) atoms. The molecule has 4 heteroatoms. The highest BCUT2D eigenvalue weighted by molar-refractivity contribution is 5.80. The first-order chi connectivity index (χ1) is 7.68. The Morgan fingerprint density at radius 3 is 2.50 bits per heavy atom. The van der Waals surface area contributed by atoms with E-state index in [1.165, 1.54) is 7.11 Å². The summed E-state index contributed by atoms with van der Waals surface area (Å²) < 4.78 is 10.6. The van der Waals surface area contributed by atoms with Crippen molar-refractivity contribution >= 4 is 5.97 Å². The zero-order valence-electron chi connectivity index (χ0n) is 10.5. The van der Waals surface area contributed by atoms with Gasteiger partial charge in [0.2, 0.25) is 0 Å². The Bertz CT molecular complexity index is 222. The van der Waals surface area contributed by atoms with Gasteiger partial charge >= 0.3 is 5.97 Å². The average Bonchev–Trinajstić information content (AvgIpc) is 2.36. The Kier molecular flexibility index (Phi) is 5.22. The molecule has 1 rings (SSSR count). The molecule has 0 bridgehead atoms. The van der Waals surface area contributed by atoms with Crippen LogP contribution in [0.2, 0.25) is 0 Å². The van der Waals surface area contributed by atoms with Gasteiger partial charge < -0.3 is 14.8 Å². The van der Waals surface area contributed by atoms with Gasteiger partial charge in [0.05, 0.1) is 13.2 Å². The van der Waals surface area contributed by atoms with Gasteiger partial charge in [0.1, 0.15) is 5.54 Å². The molecule has 0 aromatic carbocycles. The molecule has 0 unspecified atom stereocenters. The third-order valence-corrected chi connectivity index (χ3v) is 3.40. The van der Waals surface area contributed by atoms with Crippen molar-refractivity contribution in [3.05, 3.63) is 0 Å². The fourth-order valence-corrected chi connectivity index (χ4v) is 2.29. The first-order valence-corrected chi connectivity index (χ1v) is 6.07. The summed E-state index contributed by atoms with van der Waals surface area (Å²) in [7, 11) is 3.27. The smallest absolute Gasteiger partial charge is 0.326 e. The number of nitrogens with one attached hydrogen (secondary N) is 1. The molecule has 0 saturated heterocycles. The molecule has 0 aromatic rings. The SMILES string of the molecule is CCCOC1CCC(NC)(C(=O)OC)CC1. The van der Waals surface area contributed by atoms with Crippen LogP contribution in [0.4, 0.5) is 0 Å². The van der Waals surface area contributed by atoms with Crippen LogP contribution in [0.25, 0.3) is 0 Å². The summed E-state index contributed by atoms with van der Waals surface area (Å²) in [4.78, 5) is 11.7. The van der Waals surface area contributed by atoms with E-state index in [0.717, 1.165) is 38.7 Å². The second-order valence-electron chi connectivity index (χ2n) is 4.39. The summed E-state index contributed by atoms with van der Waals surface area (Å²) in [6.07, 6.45) is 4.80. The number of hydrogen-bond acceptors (Lipinski definition) is 4. The first-order valence-electron chi connectivity index (χ1n) is 6.07. The lowest BCUT2D eigenvalue weighted by molar-refractivity contribution is -0.151. The first kappa shape index (κ1) is 13.5. The van der Waals surface area contributed by atoms with Crippen LogP contribution in [0, 0.1) is 0 Å². The van der Waals surface area contributed by atoms with Crippen LogP contribution in [0.15, 0.2) is 0 Å². The monoisotopic (exact) mass is 229 g/mol. The summed E-state index contributed by atoms with van der Waals surface area (Å²) >= 11 is 0. The van der Waals surface area contributed by atoms with E-state index < -0.39 is 5.54 Å². The van der Waals surface area contributed by atoms with Gasteiger partial charge in [-0.05, 0) is 39.2 Å².